The molecule has 0 aliphatic heterocycles. The van der Waals surface area contributed by atoms with E-state index in [2.05, 4.69) is 49.7 Å². The highest BCUT2D eigenvalue weighted by Gasteiger charge is 1.99. The van der Waals surface area contributed by atoms with Gasteiger partial charge in [-0.15, -0.1) is 11.8 Å². The molecule has 2 aromatic carbocycles. The lowest BCUT2D eigenvalue weighted by Crippen LogP contribution is -2.21. The molecule has 0 saturated heterocycles. The van der Waals surface area contributed by atoms with Crippen LogP contribution in [0.15, 0.2) is 53.4 Å². The van der Waals surface area contributed by atoms with E-state index >= 15 is 0 Å². The van der Waals surface area contributed by atoms with Gasteiger partial charge < -0.3 is 10.1 Å². The van der Waals surface area contributed by atoms with Crippen LogP contribution in [0.2, 0.25) is 0 Å². The zero-order valence-corrected chi connectivity index (χ0v) is 13.0. The third-order valence-corrected chi connectivity index (χ3v) is 3.68. The maximum absolute atomic E-state index is 5.83. The Balaban J connectivity index is 1.95. The van der Waals surface area contributed by atoms with Crippen molar-refractivity contribution >= 4 is 11.8 Å². The van der Waals surface area contributed by atoms with Crippen molar-refractivity contribution in [3.8, 4) is 11.5 Å². The first-order valence-corrected chi connectivity index (χ1v) is 8.04. The third-order valence-electron chi connectivity index (χ3n) is 2.93. The van der Waals surface area contributed by atoms with E-state index < -0.39 is 0 Å². The maximum atomic E-state index is 5.83. The summed E-state index contributed by atoms with van der Waals surface area (Å²) in [7, 11) is 0. The van der Waals surface area contributed by atoms with Gasteiger partial charge >= 0.3 is 0 Å². The molecule has 20 heavy (non-hydrogen) atoms. The lowest BCUT2D eigenvalue weighted by atomic mass is 10.2. The molecule has 0 saturated carbocycles. The Kier molecular flexibility index (Phi) is 5.50. The molecule has 0 aliphatic rings. The van der Waals surface area contributed by atoms with Gasteiger partial charge in [0, 0.05) is 17.5 Å². The van der Waals surface area contributed by atoms with Crippen molar-refractivity contribution in [3.63, 3.8) is 0 Å². The monoisotopic (exact) mass is 287 g/mol. The van der Waals surface area contributed by atoms with E-state index in [4.69, 9.17) is 4.74 Å². The van der Waals surface area contributed by atoms with Gasteiger partial charge in [0.15, 0.2) is 0 Å². The van der Waals surface area contributed by atoms with Crippen molar-refractivity contribution in [2.24, 2.45) is 0 Å². The van der Waals surface area contributed by atoms with Crippen LogP contribution in [-0.4, -0.2) is 12.3 Å². The summed E-state index contributed by atoms with van der Waals surface area (Å²) >= 11 is 1.73. The van der Waals surface area contributed by atoms with Crippen LogP contribution in [0.1, 0.15) is 19.4 Å². The van der Waals surface area contributed by atoms with Crippen LogP contribution in [0, 0.1) is 0 Å². The number of hydrogen-bond donors (Lipinski definition) is 1. The van der Waals surface area contributed by atoms with E-state index in [1.807, 2.05) is 24.3 Å². The van der Waals surface area contributed by atoms with Gasteiger partial charge in [-0.25, -0.2) is 0 Å². The normalized spacial score (nSPS) is 10.8. The molecule has 2 aromatic rings. The van der Waals surface area contributed by atoms with Gasteiger partial charge in [-0.3, -0.25) is 0 Å². The lowest BCUT2D eigenvalue weighted by molar-refractivity contribution is 0.482. The van der Waals surface area contributed by atoms with E-state index in [-0.39, 0.29) is 0 Å². The molecule has 0 bridgehead atoms. The molecule has 3 heteroatoms. The highest BCUT2D eigenvalue weighted by molar-refractivity contribution is 7.98. The van der Waals surface area contributed by atoms with Crippen molar-refractivity contribution in [2.45, 2.75) is 31.3 Å². The molecule has 106 valence electrons. The van der Waals surface area contributed by atoms with Gasteiger partial charge in [-0.2, -0.15) is 0 Å². The van der Waals surface area contributed by atoms with Crippen LogP contribution >= 0.6 is 11.8 Å². The average molecular weight is 287 g/mol. The summed E-state index contributed by atoms with van der Waals surface area (Å²) in [5.74, 6) is 1.74. The number of benzene rings is 2. The van der Waals surface area contributed by atoms with Crippen LogP contribution in [0.3, 0.4) is 0 Å². The molecule has 0 radical (unpaired) electrons. The molecule has 0 atom stereocenters. The Morgan fingerprint density at radius 2 is 1.50 bits per heavy atom. The number of thioether (sulfide) groups is 1. The molecule has 0 aliphatic carbocycles. The van der Waals surface area contributed by atoms with Crippen molar-refractivity contribution in [1.82, 2.24) is 5.32 Å². The van der Waals surface area contributed by atoms with Gasteiger partial charge in [0.2, 0.25) is 0 Å². The second kappa shape index (κ2) is 7.36. The third kappa shape index (κ3) is 4.58. The Morgan fingerprint density at radius 3 is 2.00 bits per heavy atom. The quantitative estimate of drug-likeness (QED) is 0.778. The predicted molar refractivity (Wildman–Crippen MR) is 86.7 cm³/mol. The van der Waals surface area contributed by atoms with Crippen LogP contribution in [-0.2, 0) is 6.54 Å². The Bertz CT molecular complexity index is 520. The first-order chi connectivity index (χ1) is 9.67. The summed E-state index contributed by atoms with van der Waals surface area (Å²) < 4.78 is 5.83. The smallest absolute Gasteiger partial charge is 0.127 e. The van der Waals surface area contributed by atoms with Gasteiger partial charge in [0.25, 0.3) is 0 Å². The highest BCUT2D eigenvalue weighted by Crippen LogP contribution is 2.24. The van der Waals surface area contributed by atoms with Crippen molar-refractivity contribution < 1.29 is 4.74 Å². The summed E-state index contributed by atoms with van der Waals surface area (Å²) in [4.78, 5) is 1.24. The summed E-state index contributed by atoms with van der Waals surface area (Å²) in [6.45, 7) is 5.19. The number of nitrogens with one attached hydrogen (secondary N) is 1. The second-order valence-electron chi connectivity index (χ2n) is 4.96. The molecule has 2 rings (SSSR count). The van der Waals surface area contributed by atoms with Crippen LogP contribution in [0.4, 0.5) is 0 Å². The van der Waals surface area contributed by atoms with E-state index in [9.17, 15) is 0 Å². The Labute approximate surface area is 125 Å². The lowest BCUT2D eigenvalue weighted by Gasteiger charge is -2.09. The maximum Gasteiger partial charge on any atom is 0.127 e. The topological polar surface area (TPSA) is 21.3 Å². The SMILES string of the molecule is CSc1ccc(Oc2ccc(CNC(C)C)cc2)cc1. The average Bonchev–Trinajstić information content (AvgIpc) is 2.47. The fourth-order valence-corrected chi connectivity index (χ4v) is 2.19. The minimum Gasteiger partial charge on any atom is -0.457 e. The molecular weight excluding hydrogens is 266 g/mol. The largest absolute Gasteiger partial charge is 0.457 e. The fraction of sp³-hybridized carbons (Fsp3) is 0.294. The van der Waals surface area contributed by atoms with Crippen molar-refractivity contribution in [2.75, 3.05) is 6.26 Å². The van der Waals surface area contributed by atoms with Gasteiger partial charge in [0.1, 0.15) is 11.5 Å². The molecule has 0 fully saturated rings. The van der Waals surface area contributed by atoms with E-state index in [1.165, 1.54) is 10.5 Å². The Hall–Kier alpha value is -1.45. The molecule has 2 nitrogen and oxygen atoms in total. The van der Waals surface area contributed by atoms with Gasteiger partial charge in [-0.05, 0) is 48.2 Å². The highest BCUT2D eigenvalue weighted by atomic mass is 32.2. The van der Waals surface area contributed by atoms with Crippen molar-refractivity contribution in [3.05, 3.63) is 54.1 Å². The molecule has 0 spiro atoms. The molecule has 0 heterocycles. The fourth-order valence-electron chi connectivity index (χ4n) is 1.78. The zero-order chi connectivity index (χ0) is 14.4. The number of rotatable bonds is 6. The first-order valence-electron chi connectivity index (χ1n) is 6.81. The van der Waals surface area contributed by atoms with Crippen LogP contribution in [0.25, 0.3) is 0 Å². The minimum atomic E-state index is 0.501. The van der Waals surface area contributed by atoms with E-state index in [0.29, 0.717) is 6.04 Å². The first kappa shape index (κ1) is 14.9. The van der Waals surface area contributed by atoms with Gasteiger partial charge in [-0.1, -0.05) is 26.0 Å². The standard InChI is InChI=1S/C17H21NOS/c1-13(2)18-12-14-4-6-15(7-5-14)19-16-8-10-17(20-3)11-9-16/h4-11,13,18H,12H2,1-3H3. The van der Waals surface area contributed by atoms with E-state index in [1.54, 1.807) is 11.8 Å². The number of ether oxygens (including phenoxy) is 1. The van der Waals surface area contributed by atoms with Crippen LogP contribution < -0.4 is 10.1 Å². The molecule has 0 unspecified atom stereocenters. The summed E-state index contributed by atoms with van der Waals surface area (Å²) in [5.41, 5.74) is 1.27. The summed E-state index contributed by atoms with van der Waals surface area (Å²) in [6.07, 6.45) is 2.07. The molecule has 0 amide bonds. The second-order valence-corrected chi connectivity index (χ2v) is 5.84. The van der Waals surface area contributed by atoms with Gasteiger partial charge in [0.05, 0.1) is 0 Å². The number of hydrogen-bond acceptors (Lipinski definition) is 3. The van der Waals surface area contributed by atoms with Crippen molar-refractivity contribution in [1.29, 1.82) is 0 Å². The summed E-state index contributed by atoms with van der Waals surface area (Å²) in [6, 6.07) is 16.9. The summed E-state index contributed by atoms with van der Waals surface area (Å²) in [5, 5.41) is 3.40. The minimum absolute atomic E-state index is 0.501. The van der Waals surface area contributed by atoms with E-state index in [0.717, 1.165) is 18.0 Å². The Morgan fingerprint density at radius 1 is 0.950 bits per heavy atom. The predicted octanol–water partition coefficient (Wildman–Crippen LogP) is 4.70. The molecule has 0 aromatic heterocycles. The zero-order valence-electron chi connectivity index (χ0n) is 12.2. The van der Waals surface area contributed by atoms with Crippen LogP contribution in [0.5, 0.6) is 11.5 Å². The molecule has 1 N–H and O–H groups in total. The molecular formula is C17H21NOS.